The number of aryl methyl sites for hydroxylation is 2. The van der Waals surface area contributed by atoms with Crippen molar-refractivity contribution in [1.82, 2.24) is 14.5 Å². The molecule has 0 N–H and O–H groups in total. The highest BCUT2D eigenvalue weighted by atomic mass is 35.5. The quantitative estimate of drug-likeness (QED) is 0.754. The maximum absolute atomic E-state index is 5.97. The lowest BCUT2D eigenvalue weighted by molar-refractivity contribution is 0.624. The van der Waals surface area contributed by atoms with Crippen molar-refractivity contribution in [2.45, 2.75) is 31.6 Å². The van der Waals surface area contributed by atoms with E-state index in [2.05, 4.69) is 27.7 Å². The van der Waals surface area contributed by atoms with Crippen molar-refractivity contribution in [3.63, 3.8) is 0 Å². The Bertz CT molecular complexity index is 556. The van der Waals surface area contributed by atoms with Crippen LogP contribution in [0.1, 0.15) is 19.2 Å². The highest BCUT2D eigenvalue weighted by Gasteiger charge is 2.12. The number of hydrogen-bond acceptors (Lipinski definition) is 3. The van der Waals surface area contributed by atoms with Gasteiger partial charge in [0.25, 0.3) is 0 Å². The lowest BCUT2D eigenvalue weighted by Crippen LogP contribution is -2.09. The Morgan fingerprint density at radius 1 is 1.47 bits per heavy atom. The standard InChI is InChI=1S/C13H17Cl2N3S/c1-9(19-2)4-6-18-12(3-5-14)17-11-7-10(15)8-16-13(11)18/h7-9H,3-6H2,1-2H3. The zero-order valence-corrected chi connectivity index (χ0v) is 13.4. The van der Waals surface area contributed by atoms with Crippen LogP contribution in [0.2, 0.25) is 5.02 Å². The van der Waals surface area contributed by atoms with E-state index in [-0.39, 0.29) is 0 Å². The minimum Gasteiger partial charge on any atom is -0.313 e. The van der Waals surface area contributed by atoms with E-state index in [1.54, 1.807) is 6.20 Å². The van der Waals surface area contributed by atoms with Gasteiger partial charge in [-0.3, -0.25) is 0 Å². The van der Waals surface area contributed by atoms with Gasteiger partial charge in [-0.05, 0) is 18.7 Å². The number of hydrogen-bond donors (Lipinski definition) is 0. The molecule has 1 atom stereocenters. The Morgan fingerprint density at radius 3 is 2.95 bits per heavy atom. The second-order valence-electron chi connectivity index (χ2n) is 4.45. The van der Waals surface area contributed by atoms with Crippen molar-refractivity contribution in [2.24, 2.45) is 0 Å². The van der Waals surface area contributed by atoms with Crippen molar-refractivity contribution in [1.29, 1.82) is 0 Å². The summed E-state index contributed by atoms with van der Waals surface area (Å²) in [5.41, 5.74) is 1.75. The van der Waals surface area contributed by atoms with Crippen molar-refractivity contribution in [2.75, 3.05) is 12.1 Å². The zero-order valence-electron chi connectivity index (χ0n) is 11.1. The molecule has 104 valence electrons. The van der Waals surface area contributed by atoms with Crippen LogP contribution in [-0.2, 0) is 13.0 Å². The molecule has 0 amide bonds. The lowest BCUT2D eigenvalue weighted by Gasteiger charge is -2.11. The number of rotatable bonds is 6. The van der Waals surface area contributed by atoms with Crippen LogP contribution in [0.25, 0.3) is 11.2 Å². The van der Waals surface area contributed by atoms with Crippen LogP contribution >= 0.6 is 35.0 Å². The second-order valence-corrected chi connectivity index (χ2v) is 6.54. The van der Waals surface area contributed by atoms with E-state index in [1.807, 2.05) is 17.8 Å². The van der Waals surface area contributed by atoms with Crippen LogP contribution in [0.4, 0.5) is 0 Å². The van der Waals surface area contributed by atoms with Crippen molar-refractivity contribution in [3.05, 3.63) is 23.1 Å². The third-order valence-corrected chi connectivity index (χ3v) is 4.55. The van der Waals surface area contributed by atoms with Crippen LogP contribution in [0.15, 0.2) is 12.3 Å². The highest BCUT2D eigenvalue weighted by Crippen LogP contribution is 2.20. The summed E-state index contributed by atoms with van der Waals surface area (Å²) in [4.78, 5) is 9.00. The molecule has 0 saturated heterocycles. The average Bonchev–Trinajstić information content (AvgIpc) is 2.73. The summed E-state index contributed by atoms with van der Waals surface area (Å²) in [6, 6.07) is 1.86. The van der Waals surface area contributed by atoms with Gasteiger partial charge in [0.1, 0.15) is 11.3 Å². The minimum atomic E-state index is 0.565. The smallest absolute Gasteiger partial charge is 0.160 e. The van der Waals surface area contributed by atoms with Crippen LogP contribution in [0.3, 0.4) is 0 Å². The van der Waals surface area contributed by atoms with E-state index in [9.17, 15) is 0 Å². The number of alkyl halides is 1. The molecule has 6 heteroatoms. The van der Waals surface area contributed by atoms with Crippen molar-refractivity contribution >= 4 is 46.1 Å². The first-order valence-corrected chi connectivity index (χ1v) is 8.45. The molecule has 0 fully saturated rings. The predicted octanol–water partition coefficient (Wildman–Crippen LogP) is 4.01. The van der Waals surface area contributed by atoms with E-state index >= 15 is 0 Å². The van der Waals surface area contributed by atoms with E-state index in [4.69, 9.17) is 23.2 Å². The predicted molar refractivity (Wildman–Crippen MR) is 84.6 cm³/mol. The van der Waals surface area contributed by atoms with E-state index in [0.29, 0.717) is 16.2 Å². The first-order valence-electron chi connectivity index (χ1n) is 6.25. The molecule has 0 spiro atoms. The number of aromatic nitrogens is 3. The van der Waals surface area contributed by atoms with Gasteiger partial charge >= 0.3 is 0 Å². The van der Waals surface area contributed by atoms with Gasteiger partial charge in [0.2, 0.25) is 0 Å². The summed E-state index contributed by atoms with van der Waals surface area (Å²) in [6.07, 6.45) is 5.65. The van der Waals surface area contributed by atoms with Gasteiger partial charge in [0.05, 0.1) is 5.02 Å². The topological polar surface area (TPSA) is 30.7 Å². The molecular weight excluding hydrogens is 301 g/mol. The molecule has 3 nitrogen and oxygen atoms in total. The average molecular weight is 318 g/mol. The third-order valence-electron chi connectivity index (χ3n) is 3.11. The second kappa shape index (κ2) is 6.82. The summed E-state index contributed by atoms with van der Waals surface area (Å²) >= 11 is 13.7. The fraction of sp³-hybridized carbons (Fsp3) is 0.538. The Balaban J connectivity index is 2.34. The third kappa shape index (κ3) is 3.56. The van der Waals surface area contributed by atoms with Crippen LogP contribution in [-0.4, -0.2) is 31.9 Å². The number of pyridine rings is 1. The van der Waals surface area contributed by atoms with Crippen molar-refractivity contribution < 1.29 is 0 Å². The van der Waals surface area contributed by atoms with Gasteiger partial charge in [-0.25, -0.2) is 9.97 Å². The summed E-state index contributed by atoms with van der Waals surface area (Å²) in [5.74, 6) is 1.56. The molecule has 2 aromatic rings. The molecule has 2 heterocycles. The Morgan fingerprint density at radius 2 is 2.26 bits per heavy atom. The van der Waals surface area contributed by atoms with Gasteiger partial charge in [-0.2, -0.15) is 11.8 Å². The summed E-state index contributed by atoms with van der Waals surface area (Å²) in [7, 11) is 0. The monoisotopic (exact) mass is 317 g/mol. The molecule has 0 aliphatic heterocycles. The van der Waals surface area contributed by atoms with Crippen LogP contribution in [0.5, 0.6) is 0 Å². The van der Waals surface area contributed by atoms with Gasteiger partial charge in [-0.1, -0.05) is 18.5 Å². The fourth-order valence-electron chi connectivity index (χ4n) is 1.97. The van der Waals surface area contributed by atoms with E-state index in [0.717, 1.165) is 36.4 Å². The molecule has 0 saturated carbocycles. The van der Waals surface area contributed by atoms with Gasteiger partial charge < -0.3 is 4.57 Å². The molecule has 1 unspecified atom stereocenters. The highest BCUT2D eigenvalue weighted by molar-refractivity contribution is 7.99. The molecule has 2 rings (SSSR count). The Kier molecular flexibility index (Phi) is 5.37. The normalized spacial score (nSPS) is 13.1. The fourth-order valence-corrected chi connectivity index (χ4v) is 2.63. The minimum absolute atomic E-state index is 0.565. The summed E-state index contributed by atoms with van der Waals surface area (Å²) in [6.45, 7) is 3.15. The number of imidazole rings is 1. The van der Waals surface area contributed by atoms with Gasteiger partial charge in [0, 0.05) is 30.3 Å². The SMILES string of the molecule is CSC(C)CCn1c(CCCl)nc2cc(Cl)cnc21. The van der Waals surface area contributed by atoms with Crippen molar-refractivity contribution in [3.8, 4) is 0 Å². The first-order chi connectivity index (χ1) is 9.15. The molecule has 0 aromatic carbocycles. The molecule has 0 bridgehead atoms. The molecular formula is C13H17Cl2N3S. The molecule has 0 radical (unpaired) electrons. The maximum Gasteiger partial charge on any atom is 0.160 e. The zero-order chi connectivity index (χ0) is 13.8. The largest absolute Gasteiger partial charge is 0.313 e. The van der Waals surface area contributed by atoms with Gasteiger partial charge in [0.15, 0.2) is 5.65 Å². The van der Waals surface area contributed by atoms with Crippen LogP contribution in [0, 0.1) is 0 Å². The maximum atomic E-state index is 5.97. The molecule has 0 aliphatic rings. The van der Waals surface area contributed by atoms with Crippen LogP contribution < -0.4 is 0 Å². The number of thioether (sulfide) groups is 1. The summed E-state index contributed by atoms with van der Waals surface area (Å²) in [5, 5.41) is 1.24. The lowest BCUT2D eigenvalue weighted by atomic mass is 10.3. The van der Waals surface area contributed by atoms with E-state index in [1.165, 1.54) is 0 Å². The molecule has 0 aliphatic carbocycles. The molecule has 19 heavy (non-hydrogen) atoms. The Labute approximate surface area is 127 Å². The summed E-state index contributed by atoms with van der Waals surface area (Å²) < 4.78 is 2.17. The number of fused-ring (bicyclic) bond motifs is 1. The first kappa shape index (κ1) is 14.9. The van der Waals surface area contributed by atoms with E-state index < -0.39 is 0 Å². The Hall–Kier alpha value is -0.450. The number of nitrogens with zero attached hydrogens (tertiary/aromatic N) is 3. The molecule has 2 aromatic heterocycles. The number of halogens is 2. The van der Waals surface area contributed by atoms with Gasteiger partial charge in [-0.15, -0.1) is 11.6 Å².